The predicted octanol–water partition coefficient (Wildman–Crippen LogP) is 12.4. The summed E-state index contributed by atoms with van der Waals surface area (Å²) in [6, 6.07) is 47.0. The Morgan fingerprint density at radius 1 is 0.451 bits per heavy atom. The molecule has 18 heteroatoms. The highest BCUT2D eigenvalue weighted by Gasteiger charge is 2.36. The summed E-state index contributed by atoms with van der Waals surface area (Å²) in [6.45, 7) is -0.0707. The van der Waals surface area contributed by atoms with Crippen molar-refractivity contribution in [1.82, 2.24) is 19.9 Å². The van der Waals surface area contributed by atoms with E-state index in [1.165, 1.54) is 34.6 Å². The molecule has 4 aromatic heterocycles. The number of rotatable bonds is 21. The Morgan fingerprint density at radius 2 is 0.866 bits per heavy atom. The minimum atomic E-state index is -2.05. The first kappa shape index (κ1) is 55.0. The van der Waals surface area contributed by atoms with E-state index in [9.17, 15) is 28.0 Å². The van der Waals surface area contributed by atoms with Crippen LogP contribution >= 0.6 is 0 Å². The van der Waals surface area contributed by atoms with Gasteiger partial charge in [0.15, 0.2) is 0 Å². The molecular weight excluding hydrogens is 1060 g/mol. The number of carbonyl (C=O) groups is 4. The molecule has 0 fully saturated rings. The van der Waals surface area contributed by atoms with Crippen LogP contribution < -0.4 is 19.3 Å². The van der Waals surface area contributed by atoms with Crippen LogP contribution in [0, 0.1) is 23.3 Å². The minimum Gasteiger partial charge on any atom is -0.487 e. The van der Waals surface area contributed by atoms with Gasteiger partial charge in [-0.15, -0.1) is 0 Å². The number of ether oxygens (including phenoxy) is 4. The van der Waals surface area contributed by atoms with Crippen molar-refractivity contribution in [2.24, 2.45) is 0 Å². The molecule has 0 saturated heterocycles. The molecule has 2 atom stereocenters. The van der Waals surface area contributed by atoms with E-state index in [1.54, 1.807) is 72.8 Å². The molecule has 0 aliphatic rings. The second kappa shape index (κ2) is 25.6. The zero-order valence-corrected chi connectivity index (χ0v) is 43.5. The molecule has 10 rings (SSSR count). The van der Waals surface area contributed by atoms with Crippen molar-refractivity contribution in [2.75, 3.05) is 9.80 Å². The van der Waals surface area contributed by atoms with Crippen molar-refractivity contribution < 1.29 is 55.7 Å². The summed E-state index contributed by atoms with van der Waals surface area (Å²) in [6.07, 6.45) is 0.354. The van der Waals surface area contributed by atoms with Crippen LogP contribution in [0.1, 0.15) is 58.7 Å². The number of hydrogen-bond donors (Lipinski definition) is 0. The number of anilines is 2. The van der Waals surface area contributed by atoms with E-state index < -0.39 is 83.2 Å². The highest BCUT2D eigenvalue weighted by molar-refractivity contribution is 5.99. The first-order valence-corrected chi connectivity index (χ1v) is 25.8. The lowest BCUT2D eigenvalue weighted by Crippen LogP contribution is -2.37. The molecule has 0 aliphatic carbocycles. The maximum absolute atomic E-state index is 15.8. The van der Waals surface area contributed by atoms with Crippen molar-refractivity contribution in [1.29, 1.82) is 0 Å². The Morgan fingerprint density at radius 3 is 1.26 bits per heavy atom. The fourth-order valence-corrected chi connectivity index (χ4v) is 8.87. The fraction of sp³-hybridized carbons (Fsp3) is 0.125. The van der Waals surface area contributed by atoms with Gasteiger partial charge in [0.25, 0.3) is 11.8 Å². The second-order valence-electron chi connectivity index (χ2n) is 18.7. The van der Waals surface area contributed by atoms with Gasteiger partial charge in [-0.1, -0.05) is 60.7 Å². The van der Waals surface area contributed by atoms with Gasteiger partial charge in [0.1, 0.15) is 48.0 Å². The van der Waals surface area contributed by atoms with E-state index >= 15 is 8.78 Å². The molecule has 0 N–H and O–H groups in total. The Balaban J connectivity index is 0.868. The molecule has 2 unspecified atom stereocenters. The zero-order valence-electron chi connectivity index (χ0n) is 43.5. The van der Waals surface area contributed by atoms with Gasteiger partial charge >= 0.3 is 11.9 Å². The number of amides is 2. The number of aromatic nitrogens is 4. The maximum Gasteiger partial charge on any atom is 0.307 e. The van der Waals surface area contributed by atoms with Gasteiger partial charge < -0.3 is 28.7 Å². The molecular formula is C64H48F4N6O8. The summed E-state index contributed by atoms with van der Waals surface area (Å²) in [5, 5.41) is 1.94. The third-order valence-electron chi connectivity index (χ3n) is 13.0. The van der Waals surface area contributed by atoms with Gasteiger partial charge in [-0.3, -0.25) is 29.1 Å². The largest absolute Gasteiger partial charge is 0.487 e. The molecule has 410 valence electrons. The molecule has 4 heterocycles. The van der Waals surface area contributed by atoms with Gasteiger partial charge in [-0.05, 0) is 120 Å². The van der Waals surface area contributed by atoms with Crippen molar-refractivity contribution in [2.45, 2.75) is 51.4 Å². The van der Waals surface area contributed by atoms with E-state index in [4.69, 9.17) is 18.9 Å². The van der Waals surface area contributed by atoms with Gasteiger partial charge in [-0.25, -0.2) is 27.5 Å². The van der Waals surface area contributed by atoms with Crippen molar-refractivity contribution in [3.05, 3.63) is 264 Å². The summed E-state index contributed by atoms with van der Waals surface area (Å²) < 4.78 is 83.9. The third-order valence-corrected chi connectivity index (χ3v) is 13.0. The van der Waals surface area contributed by atoms with Crippen LogP contribution in [0.4, 0.5) is 28.9 Å². The number of halogens is 4. The number of pyridine rings is 4. The average Bonchev–Trinajstić information content (AvgIpc) is 3.69. The quantitative estimate of drug-likeness (QED) is 0.0495. The molecule has 0 radical (unpaired) electrons. The lowest BCUT2D eigenvalue weighted by atomic mass is 10.1. The summed E-state index contributed by atoms with van der Waals surface area (Å²) in [4.78, 5) is 77.6. The van der Waals surface area contributed by atoms with Gasteiger partial charge in [0, 0.05) is 70.2 Å². The topological polar surface area (TPSA) is 163 Å². The molecule has 0 saturated carbocycles. The Labute approximate surface area is 467 Å². The molecule has 6 aromatic carbocycles. The van der Waals surface area contributed by atoms with E-state index in [0.717, 1.165) is 46.1 Å². The number of fused-ring (bicyclic) bond motifs is 2. The number of esters is 2. The Bertz CT molecular complexity index is 3650. The van der Waals surface area contributed by atoms with Crippen LogP contribution in [-0.2, 0) is 55.0 Å². The van der Waals surface area contributed by atoms with Crippen LogP contribution in [0.15, 0.2) is 207 Å². The monoisotopic (exact) mass is 1100 g/mol. The molecule has 10 aromatic rings. The SMILES string of the molecule is O=C(CCC(=O)OC(C(=O)N(Cc1cccnc1)c1ccc(OCc2ccc3ccccc3n2)cc1)c1ccc(F)cc1F)OC(C(=O)N(Cc1cccnc1)c1ccc(OCc2ccc3ccccc3n2)cc1)c1ccc(F)cc1F. The summed E-state index contributed by atoms with van der Waals surface area (Å²) in [5.41, 5.74) is 3.51. The highest BCUT2D eigenvalue weighted by atomic mass is 19.1. The lowest BCUT2D eigenvalue weighted by molar-refractivity contribution is -0.161. The molecule has 2 amide bonds. The zero-order chi connectivity index (χ0) is 57.0. The van der Waals surface area contributed by atoms with E-state index in [0.29, 0.717) is 46.1 Å². The molecule has 0 aliphatic heterocycles. The number of benzene rings is 6. The maximum atomic E-state index is 15.8. The first-order chi connectivity index (χ1) is 39.9. The molecule has 0 spiro atoms. The Hall–Kier alpha value is -10.4. The summed E-state index contributed by atoms with van der Waals surface area (Å²) >= 11 is 0. The average molecular weight is 1110 g/mol. The van der Waals surface area contributed by atoms with Crippen LogP contribution in [0.5, 0.6) is 11.5 Å². The second-order valence-corrected chi connectivity index (χ2v) is 18.7. The van der Waals surface area contributed by atoms with Crippen LogP contribution in [0.25, 0.3) is 21.8 Å². The Kier molecular flexibility index (Phi) is 17.2. The number of para-hydroxylation sites is 2. The number of carbonyl (C=O) groups excluding carboxylic acids is 4. The standard InChI is InChI=1S/C64H48F4N6O8/c65-45-15-27-53(55(67)33-45)61(63(77)73(37-41-7-5-31-69-35-41)49-19-23-51(24-20-49)79-39-47-17-13-43-9-1-3-11-57(43)71-47)81-59(75)29-30-60(76)82-62(54-28-16-46(66)34-56(54)68)64(78)74(38-42-8-6-32-70-36-42)50-21-25-52(26-22-50)80-40-48-18-14-44-10-2-4-12-58(44)72-48/h1-28,31-36,61-62H,29-30,37-40H2. The predicted molar refractivity (Wildman–Crippen MR) is 296 cm³/mol. The van der Waals surface area contributed by atoms with Crippen LogP contribution in [0.2, 0.25) is 0 Å². The van der Waals surface area contributed by atoms with E-state index in [-0.39, 0.29) is 37.7 Å². The van der Waals surface area contributed by atoms with E-state index in [1.807, 2.05) is 72.8 Å². The minimum absolute atomic E-state index is 0.125. The molecule has 14 nitrogen and oxygen atoms in total. The normalized spacial score (nSPS) is 11.8. The van der Waals surface area contributed by atoms with Gasteiger partial charge in [-0.2, -0.15) is 0 Å². The van der Waals surface area contributed by atoms with Crippen molar-refractivity contribution >= 4 is 56.9 Å². The van der Waals surface area contributed by atoms with Crippen molar-refractivity contribution in [3.8, 4) is 11.5 Å². The number of nitrogens with zero attached hydrogens (tertiary/aromatic N) is 6. The van der Waals surface area contributed by atoms with Crippen LogP contribution in [0.3, 0.4) is 0 Å². The van der Waals surface area contributed by atoms with E-state index in [2.05, 4.69) is 19.9 Å². The highest BCUT2D eigenvalue weighted by Crippen LogP contribution is 2.33. The van der Waals surface area contributed by atoms with Gasteiger partial charge in [0.2, 0.25) is 12.2 Å². The first-order valence-electron chi connectivity index (χ1n) is 25.8. The summed E-state index contributed by atoms with van der Waals surface area (Å²) in [5.74, 6) is -7.87. The summed E-state index contributed by atoms with van der Waals surface area (Å²) in [7, 11) is 0. The fourth-order valence-electron chi connectivity index (χ4n) is 8.87. The lowest BCUT2D eigenvalue weighted by Gasteiger charge is -2.28. The van der Waals surface area contributed by atoms with Crippen LogP contribution in [-0.4, -0.2) is 43.7 Å². The third kappa shape index (κ3) is 13.7. The molecule has 0 bridgehead atoms. The van der Waals surface area contributed by atoms with Gasteiger partial charge in [0.05, 0.1) is 48.4 Å². The number of hydrogen-bond acceptors (Lipinski definition) is 12. The van der Waals surface area contributed by atoms with Crippen molar-refractivity contribution in [3.63, 3.8) is 0 Å². The molecule has 82 heavy (non-hydrogen) atoms. The smallest absolute Gasteiger partial charge is 0.307 e.